The summed E-state index contributed by atoms with van der Waals surface area (Å²) in [4.78, 5) is 22.5. The fourth-order valence-corrected chi connectivity index (χ4v) is 3.15. The van der Waals surface area contributed by atoms with Crippen molar-refractivity contribution in [2.75, 3.05) is 25.5 Å². The number of amides is 2. The highest BCUT2D eigenvalue weighted by Crippen LogP contribution is 2.35. The largest absolute Gasteiger partial charge is 0.338 e. The second-order valence-electron chi connectivity index (χ2n) is 5.84. The van der Waals surface area contributed by atoms with E-state index < -0.39 is 0 Å². The molecule has 2 atom stereocenters. The van der Waals surface area contributed by atoms with E-state index in [1.165, 1.54) is 5.56 Å². The highest BCUT2D eigenvalue weighted by atomic mass is 16.2. The van der Waals surface area contributed by atoms with Crippen LogP contribution in [-0.4, -0.2) is 41.0 Å². The van der Waals surface area contributed by atoms with Gasteiger partial charge in [0, 0.05) is 31.2 Å². The van der Waals surface area contributed by atoms with Crippen LogP contribution in [-0.2, 0) is 0 Å². The molecule has 0 unspecified atom stereocenters. The first-order chi connectivity index (χ1) is 11.2. The lowest BCUT2D eigenvalue weighted by Crippen LogP contribution is -2.35. The Hall–Kier alpha value is -2.47. The molecule has 1 fully saturated rings. The molecule has 6 nitrogen and oxygen atoms in total. The normalized spacial score (nSPS) is 21.1. The van der Waals surface area contributed by atoms with Gasteiger partial charge in [-0.1, -0.05) is 6.07 Å². The fraction of sp³-hybridized carbons (Fsp3) is 0.353. The van der Waals surface area contributed by atoms with Gasteiger partial charge in [-0.3, -0.25) is 14.9 Å². The summed E-state index contributed by atoms with van der Waals surface area (Å²) in [6.07, 6.45) is 8.06. The SMILES string of the molecule is CN1CC[C@@H](CNC(=O)Nc2cccnc2)[C@@H]1c1cccnc1. The van der Waals surface area contributed by atoms with Gasteiger partial charge in [0.1, 0.15) is 0 Å². The number of aromatic nitrogens is 2. The van der Waals surface area contributed by atoms with E-state index in [0.717, 1.165) is 13.0 Å². The van der Waals surface area contributed by atoms with Crippen LogP contribution in [0.25, 0.3) is 0 Å². The summed E-state index contributed by atoms with van der Waals surface area (Å²) >= 11 is 0. The molecule has 0 spiro atoms. The molecule has 3 rings (SSSR count). The third-order valence-electron chi connectivity index (χ3n) is 4.24. The van der Waals surface area contributed by atoms with Crippen molar-refractivity contribution in [1.82, 2.24) is 20.2 Å². The van der Waals surface area contributed by atoms with Crippen molar-refractivity contribution in [2.45, 2.75) is 12.5 Å². The van der Waals surface area contributed by atoms with Crippen molar-refractivity contribution in [1.29, 1.82) is 0 Å². The maximum Gasteiger partial charge on any atom is 0.319 e. The Kier molecular flexibility index (Phi) is 4.83. The van der Waals surface area contributed by atoms with Crippen LogP contribution in [0.4, 0.5) is 10.5 Å². The predicted molar refractivity (Wildman–Crippen MR) is 89.0 cm³/mol. The van der Waals surface area contributed by atoms with E-state index in [2.05, 4.69) is 38.6 Å². The van der Waals surface area contributed by atoms with Crippen LogP contribution >= 0.6 is 0 Å². The number of carbonyl (C=O) groups is 1. The fourth-order valence-electron chi connectivity index (χ4n) is 3.15. The van der Waals surface area contributed by atoms with Gasteiger partial charge < -0.3 is 10.6 Å². The summed E-state index contributed by atoms with van der Waals surface area (Å²) in [5, 5.41) is 5.76. The molecule has 2 aromatic rings. The van der Waals surface area contributed by atoms with E-state index in [1.54, 1.807) is 24.7 Å². The van der Waals surface area contributed by atoms with Crippen LogP contribution in [0.1, 0.15) is 18.0 Å². The van der Waals surface area contributed by atoms with Crippen LogP contribution in [0.2, 0.25) is 0 Å². The number of nitrogens with one attached hydrogen (secondary N) is 2. The van der Waals surface area contributed by atoms with E-state index in [1.807, 2.05) is 18.3 Å². The molecule has 1 saturated heterocycles. The van der Waals surface area contributed by atoms with E-state index in [4.69, 9.17) is 0 Å². The summed E-state index contributed by atoms with van der Waals surface area (Å²) in [7, 11) is 2.12. The molecule has 23 heavy (non-hydrogen) atoms. The number of nitrogens with zero attached hydrogens (tertiary/aromatic N) is 3. The lowest BCUT2D eigenvalue weighted by molar-refractivity contribution is 0.243. The molecule has 0 aromatic carbocycles. The summed E-state index contributed by atoms with van der Waals surface area (Å²) < 4.78 is 0. The smallest absolute Gasteiger partial charge is 0.319 e. The average Bonchev–Trinajstić information content (AvgIpc) is 2.95. The van der Waals surface area contributed by atoms with Crippen molar-refractivity contribution in [3.8, 4) is 0 Å². The Bertz CT molecular complexity index is 634. The van der Waals surface area contributed by atoms with Gasteiger partial charge in [0.2, 0.25) is 0 Å². The summed E-state index contributed by atoms with van der Waals surface area (Å²) in [6, 6.07) is 7.76. The van der Waals surface area contributed by atoms with Crippen molar-refractivity contribution in [3.63, 3.8) is 0 Å². The lowest BCUT2D eigenvalue weighted by Gasteiger charge is -2.25. The number of carbonyl (C=O) groups excluding carboxylic acids is 1. The Morgan fingerprint density at radius 2 is 2.04 bits per heavy atom. The topological polar surface area (TPSA) is 70.2 Å². The molecule has 0 bridgehead atoms. The van der Waals surface area contributed by atoms with E-state index in [0.29, 0.717) is 24.2 Å². The van der Waals surface area contributed by atoms with Gasteiger partial charge in [0.05, 0.1) is 11.9 Å². The summed E-state index contributed by atoms with van der Waals surface area (Å²) in [5.41, 5.74) is 1.89. The zero-order valence-electron chi connectivity index (χ0n) is 13.1. The Balaban J connectivity index is 1.58. The molecule has 0 saturated carbocycles. The molecule has 3 heterocycles. The minimum absolute atomic E-state index is 0.197. The third-order valence-corrected chi connectivity index (χ3v) is 4.24. The highest BCUT2D eigenvalue weighted by molar-refractivity contribution is 5.88. The minimum atomic E-state index is -0.197. The predicted octanol–water partition coefficient (Wildman–Crippen LogP) is 2.29. The van der Waals surface area contributed by atoms with Crippen LogP contribution in [0.5, 0.6) is 0 Å². The number of pyridine rings is 2. The van der Waals surface area contributed by atoms with Crippen LogP contribution in [0.15, 0.2) is 49.1 Å². The molecule has 6 heteroatoms. The number of hydrogen-bond acceptors (Lipinski definition) is 4. The Morgan fingerprint density at radius 3 is 2.74 bits per heavy atom. The molecule has 0 radical (unpaired) electrons. The van der Waals surface area contributed by atoms with Crippen LogP contribution < -0.4 is 10.6 Å². The second-order valence-corrected chi connectivity index (χ2v) is 5.84. The lowest BCUT2D eigenvalue weighted by atomic mass is 9.95. The first-order valence-corrected chi connectivity index (χ1v) is 7.79. The van der Waals surface area contributed by atoms with Gasteiger partial charge in [0.25, 0.3) is 0 Å². The van der Waals surface area contributed by atoms with Gasteiger partial charge in [-0.25, -0.2) is 4.79 Å². The molecule has 2 aromatic heterocycles. The highest BCUT2D eigenvalue weighted by Gasteiger charge is 2.33. The quantitative estimate of drug-likeness (QED) is 0.909. The van der Waals surface area contributed by atoms with Crippen LogP contribution in [0.3, 0.4) is 0 Å². The van der Waals surface area contributed by atoms with Gasteiger partial charge in [-0.15, -0.1) is 0 Å². The number of hydrogen-bond donors (Lipinski definition) is 2. The van der Waals surface area contributed by atoms with E-state index >= 15 is 0 Å². The molecule has 2 N–H and O–H groups in total. The zero-order valence-corrected chi connectivity index (χ0v) is 13.1. The molecule has 120 valence electrons. The van der Waals surface area contributed by atoms with Gasteiger partial charge in [0.15, 0.2) is 0 Å². The summed E-state index contributed by atoms with van der Waals surface area (Å²) in [5.74, 6) is 0.379. The van der Waals surface area contributed by atoms with Gasteiger partial charge >= 0.3 is 6.03 Å². The first kappa shape index (κ1) is 15.4. The second kappa shape index (κ2) is 7.19. The zero-order chi connectivity index (χ0) is 16.1. The third kappa shape index (κ3) is 3.84. The standard InChI is InChI=1S/C17H21N5O/c1-22-9-6-14(16(22)13-4-2-7-18-10-13)11-20-17(23)21-15-5-3-8-19-12-15/h2-5,7-8,10,12,14,16H,6,9,11H2,1H3,(H2,20,21,23)/t14-,16-/m0/s1. The van der Waals surface area contributed by atoms with Crippen LogP contribution in [0, 0.1) is 5.92 Å². The molecular weight excluding hydrogens is 290 g/mol. The Labute approximate surface area is 135 Å². The molecule has 2 amide bonds. The van der Waals surface area contributed by atoms with Crippen molar-refractivity contribution in [2.24, 2.45) is 5.92 Å². The molecule has 0 aliphatic carbocycles. The van der Waals surface area contributed by atoms with Gasteiger partial charge in [-0.05, 0) is 49.7 Å². The van der Waals surface area contributed by atoms with Crippen molar-refractivity contribution in [3.05, 3.63) is 54.6 Å². The number of likely N-dealkylation sites (tertiary alicyclic amines) is 1. The van der Waals surface area contributed by atoms with Gasteiger partial charge in [-0.2, -0.15) is 0 Å². The van der Waals surface area contributed by atoms with Crippen molar-refractivity contribution >= 4 is 11.7 Å². The average molecular weight is 311 g/mol. The number of urea groups is 1. The maximum atomic E-state index is 12.0. The monoisotopic (exact) mass is 311 g/mol. The summed E-state index contributed by atoms with van der Waals surface area (Å²) in [6.45, 7) is 1.66. The molecular formula is C17H21N5O. The maximum absolute atomic E-state index is 12.0. The number of anilines is 1. The first-order valence-electron chi connectivity index (χ1n) is 7.79. The molecule has 1 aliphatic heterocycles. The van der Waals surface area contributed by atoms with Crippen molar-refractivity contribution < 1.29 is 4.79 Å². The number of rotatable bonds is 4. The van der Waals surface area contributed by atoms with E-state index in [9.17, 15) is 4.79 Å². The minimum Gasteiger partial charge on any atom is -0.338 e. The molecule has 1 aliphatic rings. The Morgan fingerprint density at radius 1 is 1.26 bits per heavy atom. The van der Waals surface area contributed by atoms with E-state index in [-0.39, 0.29) is 6.03 Å².